The van der Waals surface area contributed by atoms with E-state index in [1.54, 1.807) is 0 Å². The van der Waals surface area contributed by atoms with E-state index in [4.69, 9.17) is 9.05 Å². The molecule has 0 saturated carbocycles. The van der Waals surface area contributed by atoms with Gasteiger partial charge in [0.1, 0.15) is 24.7 Å². The second-order valence-electron chi connectivity index (χ2n) is 4.82. The fourth-order valence-electron chi connectivity index (χ4n) is 1.83. The summed E-state index contributed by atoms with van der Waals surface area (Å²) in [4.78, 5) is 0. The molecule has 2 rings (SSSR count). The Kier molecular flexibility index (Phi) is 7.77. The maximum Gasteiger partial charge on any atom is 0.698 e. The van der Waals surface area contributed by atoms with Crippen molar-refractivity contribution in [2.45, 2.75) is 26.4 Å². The topological polar surface area (TPSA) is 54.0 Å². The summed E-state index contributed by atoms with van der Waals surface area (Å²) in [5.74, 6) is 0.00677. The van der Waals surface area contributed by atoms with Crippen LogP contribution in [0.1, 0.15) is 11.1 Å². The molecule has 0 N–H and O–H groups in total. The predicted molar refractivity (Wildman–Crippen MR) is 83.3 cm³/mol. The van der Waals surface area contributed by atoms with Gasteiger partial charge >= 0.3 is 21.5 Å². The van der Waals surface area contributed by atoms with E-state index in [2.05, 4.69) is 9.47 Å². The third-order valence-corrected chi connectivity index (χ3v) is 3.65. The number of hydrogen-bond acceptors (Lipinski definition) is 5. The van der Waals surface area contributed by atoms with Gasteiger partial charge in [-0.05, 0) is 35.4 Å². The Morgan fingerprint density at radius 1 is 0.692 bits per heavy atom. The normalized spacial score (nSPS) is 11.0. The Bertz CT molecular complexity index is 635. The lowest BCUT2D eigenvalue weighted by Gasteiger charge is -2.04. The maximum absolute atomic E-state index is 12.0. The van der Waals surface area contributed by atoms with Gasteiger partial charge in [-0.25, -0.2) is 0 Å². The average molecular weight is 393 g/mol. The van der Waals surface area contributed by atoms with E-state index >= 15 is 0 Å². The van der Waals surface area contributed by atoms with E-state index in [-0.39, 0.29) is 24.7 Å². The highest BCUT2D eigenvalue weighted by Crippen LogP contribution is 2.28. The Hall–Kier alpha value is -2.22. The van der Waals surface area contributed by atoms with E-state index in [1.807, 2.05) is 0 Å². The standard InChI is InChI=1S/C16H14F4O5P/c17-15(18)24-13-5-1-11(2-6-13)9-22-26(21)23-10-12-3-7-14(8-4-12)25-16(19)20/h1-8,15-16H,9-10H2/q+1. The predicted octanol–water partition coefficient (Wildman–Crippen LogP) is 5.28. The number of ether oxygens (including phenoxy) is 2. The molecule has 140 valence electrons. The van der Waals surface area contributed by atoms with Gasteiger partial charge in [-0.3, -0.25) is 0 Å². The first kappa shape index (κ1) is 20.1. The van der Waals surface area contributed by atoms with Crippen LogP contribution in [0.15, 0.2) is 48.5 Å². The molecule has 2 aromatic carbocycles. The summed E-state index contributed by atoms with van der Waals surface area (Å²) in [6.07, 6.45) is 0. The molecule has 0 saturated heterocycles. The molecule has 0 bridgehead atoms. The van der Waals surface area contributed by atoms with Crippen LogP contribution in [0, 0.1) is 0 Å². The minimum Gasteiger partial charge on any atom is -0.435 e. The maximum atomic E-state index is 12.0. The molecule has 0 aliphatic rings. The summed E-state index contributed by atoms with van der Waals surface area (Å²) in [7, 11) is -2.42. The van der Waals surface area contributed by atoms with Gasteiger partial charge in [0.25, 0.3) is 0 Å². The summed E-state index contributed by atoms with van der Waals surface area (Å²) >= 11 is 0. The first-order valence-corrected chi connectivity index (χ1v) is 8.32. The molecule has 0 spiro atoms. The Balaban J connectivity index is 1.73. The molecule has 5 nitrogen and oxygen atoms in total. The zero-order chi connectivity index (χ0) is 18.9. The van der Waals surface area contributed by atoms with Crippen molar-refractivity contribution < 1.29 is 40.6 Å². The summed E-state index contributed by atoms with van der Waals surface area (Å²) in [5.41, 5.74) is 1.18. The van der Waals surface area contributed by atoms with Crippen LogP contribution >= 0.6 is 8.25 Å². The van der Waals surface area contributed by atoms with E-state index in [1.165, 1.54) is 48.5 Å². The van der Waals surface area contributed by atoms with Crippen molar-refractivity contribution in [1.29, 1.82) is 0 Å². The van der Waals surface area contributed by atoms with Crippen molar-refractivity contribution >= 4 is 8.25 Å². The third kappa shape index (κ3) is 7.35. The smallest absolute Gasteiger partial charge is 0.435 e. The monoisotopic (exact) mass is 393 g/mol. The molecule has 0 aliphatic heterocycles. The molecular formula is C16H14F4O5P+. The molecule has 0 unspecified atom stereocenters. The SMILES string of the molecule is O=[P+](OCc1ccc(OC(F)F)cc1)OCc1ccc(OC(F)F)cc1. The van der Waals surface area contributed by atoms with Gasteiger partial charge in [-0.2, -0.15) is 17.6 Å². The summed E-state index contributed by atoms with van der Waals surface area (Å²) in [5, 5.41) is 0. The van der Waals surface area contributed by atoms with Crippen molar-refractivity contribution in [3.8, 4) is 11.5 Å². The molecule has 10 heteroatoms. The van der Waals surface area contributed by atoms with Crippen LogP contribution in [-0.2, 0) is 26.8 Å². The molecule has 0 amide bonds. The fraction of sp³-hybridized carbons (Fsp3) is 0.250. The highest BCUT2D eigenvalue weighted by atomic mass is 31.1. The molecule has 2 aromatic rings. The molecule has 0 heterocycles. The van der Waals surface area contributed by atoms with Crippen molar-refractivity contribution in [3.05, 3.63) is 59.7 Å². The lowest BCUT2D eigenvalue weighted by Crippen LogP contribution is -2.01. The minimum atomic E-state index is -2.91. The van der Waals surface area contributed by atoms with Crippen LogP contribution in [0.4, 0.5) is 17.6 Å². The van der Waals surface area contributed by atoms with Crippen LogP contribution in [0.2, 0.25) is 0 Å². The first-order chi connectivity index (χ1) is 12.4. The third-order valence-electron chi connectivity index (χ3n) is 2.97. The van der Waals surface area contributed by atoms with Crippen LogP contribution in [0.3, 0.4) is 0 Å². The van der Waals surface area contributed by atoms with Crippen LogP contribution < -0.4 is 9.47 Å². The van der Waals surface area contributed by atoms with Crippen LogP contribution in [-0.4, -0.2) is 13.2 Å². The number of hydrogen-bond donors (Lipinski definition) is 0. The summed E-state index contributed by atoms with van der Waals surface area (Å²) in [6, 6.07) is 11.3. The van der Waals surface area contributed by atoms with E-state index in [0.717, 1.165) is 0 Å². The zero-order valence-electron chi connectivity index (χ0n) is 13.2. The second kappa shape index (κ2) is 10.1. The van der Waals surface area contributed by atoms with Crippen LogP contribution in [0.5, 0.6) is 11.5 Å². The molecule has 0 fully saturated rings. The molecule has 0 radical (unpaired) electrons. The number of benzene rings is 2. The van der Waals surface area contributed by atoms with E-state index in [0.29, 0.717) is 11.1 Å². The fourth-order valence-corrected chi connectivity index (χ4v) is 2.41. The molecule has 0 aromatic heterocycles. The van der Waals surface area contributed by atoms with Crippen LogP contribution in [0.25, 0.3) is 0 Å². The van der Waals surface area contributed by atoms with Gasteiger partial charge in [0, 0.05) is 4.57 Å². The number of halogens is 4. The van der Waals surface area contributed by atoms with Gasteiger partial charge < -0.3 is 9.47 Å². The van der Waals surface area contributed by atoms with Gasteiger partial charge in [0.05, 0.1) is 0 Å². The largest absolute Gasteiger partial charge is 0.698 e. The Labute approximate surface area is 147 Å². The Morgan fingerprint density at radius 2 is 1.04 bits per heavy atom. The summed E-state index contributed by atoms with van der Waals surface area (Å²) < 4.78 is 78.3. The van der Waals surface area contributed by atoms with Crippen molar-refractivity contribution in [2.75, 3.05) is 0 Å². The quantitative estimate of drug-likeness (QED) is 0.406. The average Bonchev–Trinajstić information content (AvgIpc) is 2.59. The Morgan fingerprint density at radius 3 is 1.35 bits per heavy atom. The highest BCUT2D eigenvalue weighted by molar-refractivity contribution is 7.33. The minimum absolute atomic E-state index is 0.00339. The highest BCUT2D eigenvalue weighted by Gasteiger charge is 2.20. The molecule has 0 aliphatic carbocycles. The molecular weight excluding hydrogens is 379 g/mol. The first-order valence-electron chi connectivity index (χ1n) is 7.23. The summed E-state index contributed by atoms with van der Waals surface area (Å²) in [6.45, 7) is -5.91. The second-order valence-corrected chi connectivity index (χ2v) is 5.78. The van der Waals surface area contributed by atoms with Gasteiger partial charge in [0.15, 0.2) is 0 Å². The lowest BCUT2D eigenvalue weighted by atomic mass is 10.2. The van der Waals surface area contributed by atoms with E-state index < -0.39 is 21.5 Å². The van der Waals surface area contributed by atoms with Gasteiger partial charge in [0.2, 0.25) is 0 Å². The molecule has 26 heavy (non-hydrogen) atoms. The number of alkyl halides is 4. The van der Waals surface area contributed by atoms with E-state index in [9.17, 15) is 22.1 Å². The zero-order valence-corrected chi connectivity index (χ0v) is 14.1. The number of rotatable bonds is 10. The molecule has 0 atom stereocenters. The van der Waals surface area contributed by atoms with Gasteiger partial charge in [-0.15, -0.1) is 9.05 Å². The lowest BCUT2D eigenvalue weighted by molar-refractivity contribution is -0.0505. The van der Waals surface area contributed by atoms with Gasteiger partial charge in [-0.1, -0.05) is 24.3 Å². The van der Waals surface area contributed by atoms with Crippen molar-refractivity contribution in [3.63, 3.8) is 0 Å². The van der Waals surface area contributed by atoms with Crippen molar-refractivity contribution in [1.82, 2.24) is 0 Å². The van der Waals surface area contributed by atoms with Crippen molar-refractivity contribution in [2.24, 2.45) is 0 Å².